The topological polar surface area (TPSA) is 115 Å². The molecule has 2 atom stereocenters. The van der Waals surface area contributed by atoms with Crippen LogP contribution < -0.4 is 5.32 Å². The van der Waals surface area contributed by atoms with Crippen molar-refractivity contribution in [3.05, 3.63) is 35.2 Å². The Hall–Kier alpha value is -2.94. The largest absolute Gasteiger partial charge is 0.454 e. The molecule has 1 N–H and O–H groups in total. The highest BCUT2D eigenvalue weighted by molar-refractivity contribution is 6.30. The van der Waals surface area contributed by atoms with Crippen molar-refractivity contribution in [1.29, 1.82) is 0 Å². The second kappa shape index (κ2) is 8.20. The number of carbonyl (C=O) groups excluding carboxylic acids is 3. The lowest BCUT2D eigenvalue weighted by atomic mass is 9.64. The molecule has 10 heteroatoms. The van der Waals surface area contributed by atoms with E-state index >= 15 is 0 Å². The summed E-state index contributed by atoms with van der Waals surface area (Å²) in [5, 5.41) is 11.2. The molecule has 1 aromatic heterocycles. The normalized spacial score (nSPS) is 24.6. The molecular weight excluding hydrogens is 436 g/mol. The molecule has 2 unspecified atom stereocenters. The van der Waals surface area contributed by atoms with Gasteiger partial charge in [-0.25, -0.2) is 4.79 Å². The number of benzene rings is 1. The fraction of sp³-hybridized carbons (Fsp3) is 0.500. The van der Waals surface area contributed by atoms with E-state index in [9.17, 15) is 14.4 Å². The van der Waals surface area contributed by atoms with Crippen molar-refractivity contribution in [2.45, 2.75) is 52.2 Å². The summed E-state index contributed by atoms with van der Waals surface area (Å²) in [5.41, 5.74) is -0.371. The third-order valence-electron chi connectivity index (χ3n) is 5.83. The number of carbonyl (C=O) groups is 3. The zero-order chi connectivity index (χ0) is 23.1. The molecule has 2 aliphatic rings. The Bertz CT molecular complexity index is 1050. The minimum atomic E-state index is -0.960. The SMILES string of the molecule is CC1CC(C)(C)CC2(C1)NC(=O)N(CC(=O)OCc1nnc(-c3ccc(Cl)cc3)o1)C2=O. The summed E-state index contributed by atoms with van der Waals surface area (Å²) >= 11 is 5.87. The van der Waals surface area contributed by atoms with E-state index in [-0.39, 0.29) is 35.6 Å². The fourth-order valence-corrected chi connectivity index (χ4v) is 5.11. The van der Waals surface area contributed by atoms with Gasteiger partial charge in [-0.3, -0.25) is 14.5 Å². The van der Waals surface area contributed by atoms with Gasteiger partial charge >= 0.3 is 12.0 Å². The van der Waals surface area contributed by atoms with Gasteiger partial charge in [0.2, 0.25) is 5.89 Å². The van der Waals surface area contributed by atoms with Crippen molar-refractivity contribution in [2.75, 3.05) is 6.54 Å². The van der Waals surface area contributed by atoms with Gasteiger partial charge in [-0.15, -0.1) is 10.2 Å². The molecule has 1 aromatic carbocycles. The number of esters is 1. The summed E-state index contributed by atoms with van der Waals surface area (Å²) in [6.45, 7) is 5.51. The van der Waals surface area contributed by atoms with Crippen molar-refractivity contribution in [1.82, 2.24) is 20.4 Å². The number of halogens is 1. The van der Waals surface area contributed by atoms with Crippen LogP contribution >= 0.6 is 11.6 Å². The molecule has 1 saturated heterocycles. The summed E-state index contributed by atoms with van der Waals surface area (Å²) in [6.07, 6.45) is 2.07. The Kier molecular flexibility index (Phi) is 5.70. The molecule has 32 heavy (non-hydrogen) atoms. The molecule has 1 aliphatic carbocycles. The van der Waals surface area contributed by atoms with Crippen molar-refractivity contribution in [3.8, 4) is 11.5 Å². The first-order chi connectivity index (χ1) is 15.1. The first kappa shape index (κ1) is 22.3. The zero-order valence-corrected chi connectivity index (χ0v) is 18.9. The Balaban J connectivity index is 1.36. The molecule has 1 saturated carbocycles. The number of nitrogens with zero attached hydrogens (tertiary/aromatic N) is 3. The summed E-state index contributed by atoms with van der Waals surface area (Å²) in [4.78, 5) is 38.9. The van der Waals surface area contributed by atoms with Gasteiger partial charge in [-0.2, -0.15) is 0 Å². The summed E-state index contributed by atoms with van der Waals surface area (Å²) in [7, 11) is 0. The summed E-state index contributed by atoms with van der Waals surface area (Å²) in [6, 6.07) is 6.28. The van der Waals surface area contributed by atoms with Crippen LogP contribution in [0.3, 0.4) is 0 Å². The average molecular weight is 461 g/mol. The monoisotopic (exact) mass is 460 g/mol. The third kappa shape index (κ3) is 4.48. The van der Waals surface area contributed by atoms with Crippen LogP contribution in [0.2, 0.25) is 5.02 Å². The van der Waals surface area contributed by atoms with Gasteiger partial charge in [0.15, 0.2) is 6.61 Å². The van der Waals surface area contributed by atoms with Gasteiger partial charge in [0.05, 0.1) is 0 Å². The molecule has 1 aliphatic heterocycles. The maximum Gasteiger partial charge on any atom is 0.326 e. The number of rotatable bonds is 5. The van der Waals surface area contributed by atoms with E-state index in [1.54, 1.807) is 24.3 Å². The van der Waals surface area contributed by atoms with Crippen LogP contribution in [0.15, 0.2) is 28.7 Å². The zero-order valence-electron chi connectivity index (χ0n) is 18.2. The Morgan fingerprint density at radius 1 is 1.25 bits per heavy atom. The van der Waals surface area contributed by atoms with Crippen LogP contribution in [0.25, 0.3) is 11.5 Å². The first-order valence-electron chi connectivity index (χ1n) is 10.4. The highest BCUT2D eigenvalue weighted by atomic mass is 35.5. The number of urea groups is 1. The van der Waals surface area contributed by atoms with Crippen molar-refractivity contribution in [2.24, 2.45) is 11.3 Å². The average Bonchev–Trinajstić information content (AvgIpc) is 3.25. The maximum absolute atomic E-state index is 13.1. The molecule has 1 spiro atoms. The highest BCUT2D eigenvalue weighted by Gasteiger charge is 2.56. The van der Waals surface area contributed by atoms with E-state index in [4.69, 9.17) is 20.8 Å². The fourth-order valence-electron chi connectivity index (χ4n) is 4.99. The summed E-state index contributed by atoms with van der Waals surface area (Å²) in [5.74, 6) is -0.471. The van der Waals surface area contributed by atoms with Gasteiger partial charge in [0.25, 0.3) is 11.8 Å². The minimum Gasteiger partial charge on any atom is -0.454 e. The molecular formula is C22H25ClN4O5. The number of hydrogen-bond donors (Lipinski definition) is 1. The summed E-state index contributed by atoms with van der Waals surface area (Å²) < 4.78 is 10.7. The van der Waals surface area contributed by atoms with Crippen molar-refractivity contribution in [3.63, 3.8) is 0 Å². The standard InChI is InChI=1S/C22H25ClN4O5/c1-13-8-21(2,3)12-22(9-13)19(29)27(20(30)24-22)10-17(28)31-11-16-25-26-18(32-16)14-4-6-15(23)7-5-14/h4-7,13H,8-12H2,1-3H3,(H,24,30). The second-order valence-corrected chi connectivity index (χ2v) is 9.86. The number of aromatic nitrogens is 2. The molecule has 2 fully saturated rings. The van der Waals surface area contributed by atoms with Gasteiger partial charge in [-0.05, 0) is 54.9 Å². The number of imide groups is 1. The van der Waals surface area contributed by atoms with E-state index in [1.807, 2.05) is 0 Å². The quantitative estimate of drug-likeness (QED) is 0.535. The van der Waals surface area contributed by atoms with Crippen LogP contribution in [-0.4, -0.2) is 45.1 Å². The predicted octanol–water partition coefficient (Wildman–Crippen LogP) is 3.57. The van der Waals surface area contributed by atoms with E-state index in [1.165, 1.54) is 0 Å². The molecule has 0 bridgehead atoms. The Labute approximate surface area is 190 Å². The van der Waals surface area contributed by atoms with E-state index in [0.717, 1.165) is 11.3 Å². The lowest BCUT2D eigenvalue weighted by molar-refractivity contribution is -0.150. The van der Waals surface area contributed by atoms with E-state index in [0.29, 0.717) is 23.4 Å². The molecule has 3 amide bonds. The smallest absolute Gasteiger partial charge is 0.326 e. The lowest BCUT2D eigenvalue weighted by Crippen LogP contribution is -2.54. The minimum absolute atomic E-state index is 0.0864. The lowest BCUT2D eigenvalue weighted by Gasteiger charge is -2.43. The Morgan fingerprint density at radius 2 is 1.97 bits per heavy atom. The van der Waals surface area contributed by atoms with Crippen LogP contribution in [-0.2, 0) is 20.9 Å². The molecule has 170 valence electrons. The molecule has 2 aromatic rings. The number of nitrogens with one attached hydrogen (secondary N) is 1. The Morgan fingerprint density at radius 3 is 2.66 bits per heavy atom. The first-order valence-corrected chi connectivity index (χ1v) is 10.8. The van der Waals surface area contributed by atoms with Crippen LogP contribution in [0, 0.1) is 11.3 Å². The maximum atomic E-state index is 13.1. The van der Waals surface area contributed by atoms with Crippen molar-refractivity contribution >= 4 is 29.5 Å². The van der Waals surface area contributed by atoms with Crippen LogP contribution in [0.5, 0.6) is 0 Å². The van der Waals surface area contributed by atoms with Crippen LogP contribution in [0.4, 0.5) is 4.79 Å². The molecule has 4 rings (SSSR count). The molecule has 2 heterocycles. The molecule has 9 nitrogen and oxygen atoms in total. The molecule has 0 radical (unpaired) electrons. The van der Waals surface area contributed by atoms with Gasteiger partial charge < -0.3 is 14.5 Å². The third-order valence-corrected chi connectivity index (χ3v) is 6.08. The number of hydrogen-bond acceptors (Lipinski definition) is 7. The van der Waals surface area contributed by atoms with Crippen LogP contribution in [0.1, 0.15) is 45.9 Å². The van der Waals surface area contributed by atoms with E-state index in [2.05, 4.69) is 36.3 Å². The van der Waals surface area contributed by atoms with Crippen molar-refractivity contribution < 1.29 is 23.5 Å². The number of amides is 3. The highest BCUT2D eigenvalue weighted by Crippen LogP contribution is 2.46. The number of ether oxygens (including phenoxy) is 1. The van der Waals surface area contributed by atoms with Gasteiger partial charge in [0.1, 0.15) is 12.1 Å². The van der Waals surface area contributed by atoms with Gasteiger partial charge in [-0.1, -0.05) is 32.4 Å². The predicted molar refractivity (Wildman–Crippen MR) is 114 cm³/mol. The van der Waals surface area contributed by atoms with E-state index < -0.39 is 24.1 Å². The second-order valence-electron chi connectivity index (χ2n) is 9.43. The van der Waals surface area contributed by atoms with Gasteiger partial charge in [0, 0.05) is 10.6 Å².